The third kappa shape index (κ3) is 2.05. The van der Waals surface area contributed by atoms with Gasteiger partial charge in [-0.2, -0.15) is 10.1 Å². The summed E-state index contributed by atoms with van der Waals surface area (Å²) < 4.78 is 12.8. The lowest BCUT2D eigenvalue weighted by Crippen LogP contribution is -2.09. The monoisotopic (exact) mass is 298 g/mol. The van der Waals surface area contributed by atoms with E-state index in [0.717, 1.165) is 24.2 Å². The lowest BCUT2D eigenvalue weighted by Gasteiger charge is -2.07. The maximum absolute atomic E-state index is 12.0. The van der Waals surface area contributed by atoms with E-state index in [1.165, 1.54) is 0 Å². The molecule has 3 heterocycles. The molecule has 7 nitrogen and oxygen atoms in total. The van der Waals surface area contributed by atoms with E-state index in [9.17, 15) is 4.79 Å². The second kappa shape index (κ2) is 4.94. The molecule has 3 aromatic heterocycles. The predicted molar refractivity (Wildman–Crippen MR) is 75.3 cm³/mol. The predicted octanol–water partition coefficient (Wildman–Crippen LogP) is 2.40. The fourth-order valence-corrected chi connectivity index (χ4v) is 2.80. The van der Waals surface area contributed by atoms with Crippen molar-refractivity contribution >= 4 is 5.78 Å². The molecular weight excluding hydrogens is 284 g/mol. The summed E-state index contributed by atoms with van der Waals surface area (Å²) in [5, 5.41) is 8.04. The molecule has 1 aliphatic carbocycles. The minimum absolute atomic E-state index is 0.130. The molecule has 0 fully saturated rings. The van der Waals surface area contributed by atoms with E-state index >= 15 is 0 Å². The van der Waals surface area contributed by atoms with E-state index in [1.807, 2.05) is 19.2 Å². The zero-order valence-electron chi connectivity index (χ0n) is 12.1. The SMILES string of the molecule is Cc1c(-c2nc(Cn3cccn3)no2)oc2c1C(=O)CCC2. The van der Waals surface area contributed by atoms with Gasteiger partial charge in [-0.15, -0.1) is 0 Å². The zero-order valence-corrected chi connectivity index (χ0v) is 12.1. The summed E-state index contributed by atoms with van der Waals surface area (Å²) in [6.45, 7) is 2.28. The van der Waals surface area contributed by atoms with Crippen LogP contribution in [-0.4, -0.2) is 25.7 Å². The van der Waals surface area contributed by atoms with Crippen molar-refractivity contribution in [1.82, 2.24) is 19.9 Å². The topological polar surface area (TPSA) is 86.9 Å². The summed E-state index contributed by atoms with van der Waals surface area (Å²) >= 11 is 0. The zero-order chi connectivity index (χ0) is 15.1. The van der Waals surface area contributed by atoms with Crippen LogP contribution in [0.4, 0.5) is 0 Å². The number of aromatic nitrogens is 4. The Bertz CT molecular complexity index is 829. The molecule has 0 aromatic carbocycles. The molecule has 4 rings (SSSR count). The van der Waals surface area contributed by atoms with E-state index in [4.69, 9.17) is 8.94 Å². The smallest absolute Gasteiger partial charge is 0.294 e. The Morgan fingerprint density at radius 1 is 1.36 bits per heavy atom. The van der Waals surface area contributed by atoms with Crippen LogP contribution in [-0.2, 0) is 13.0 Å². The maximum atomic E-state index is 12.0. The summed E-state index contributed by atoms with van der Waals surface area (Å²) in [6, 6.07) is 1.83. The van der Waals surface area contributed by atoms with Gasteiger partial charge < -0.3 is 8.94 Å². The van der Waals surface area contributed by atoms with Crippen LogP contribution in [0.3, 0.4) is 0 Å². The van der Waals surface area contributed by atoms with E-state index in [1.54, 1.807) is 10.9 Å². The molecule has 0 atom stereocenters. The molecule has 0 spiro atoms. The van der Waals surface area contributed by atoms with Crippen molar-refractivity contribution in [3.63, 3.8) is 0 Å². The number of hydrogen-bond acceptors (Lipinski definition) is 6. The molecule has 0 unspecified atom stereocenters. The van der Waals surface area contributed by atoms with Gasteiger partial charge in [0, 0.05) is 30.8 Å². The van der Waals surface area contributed by atoms with Crippen molar-refractivity contribution in [3.8, 4) is 11.7 Å². The highest BCUT2D eigenvalue weighted by Crippen LogP contribution is 2.34. The van der Waals surface area contributed by atoms with Gasteiger partial charge in [0.1, 0.15) is 12.3 Å². The van der Waals surface area contributed by atoms with Crippen LogP contribution in [0.2, 0.25) is 0 Å². The molecule has 0 aliphatic heterocycles. The van der Waals surface area contributed by atoms with Gasteiger partial charge in [-0.3, -0.25) is 9.48 Å². The van der Waals surface area contributed by atoms with Gasteiger partial charge in [-0.1, -0.05) is 5.16 Å². The third-order valence-electron chi connectivity index (χ3n) is 3.83. The summed E-state index contributed by atoms with van der Waals surface area (Å²) in [5.41, 5.74) is 1.47. The number of Topliss-reactive ketones (excluding diaryl/α,β-unsaturated/α-hetero) is 1. The summed E-state index contributed by atoms with van der Waals surface area (Å²) in [6.07, 6.45) is 5.69. The Morgan fingerprint density at radius 2 is 2.27 bits per heavy atom. The number of aryl methyl sites for hydroxylation is 1. The average molecular weight is 298 g/mol. The standard InChI is InChI=1S/C15H14N4O3/c1-9-13-10(20)4-2-5-11(13)21-14(9)15-17-12(18-22-15)8-19-7-3-6-16-19/h3,6-7H,2,4-5,8H2,1H3. The minimum Gasteiger partial charge on any atom is -0.455 e. The van der Waals surface area contributed by atoms with Crippen LogP contribution in [0.5, 0.6) is 0 Å². The quantitative estimate of drug-likeness (QED) is 0.738. The second-order valence-corrected chi connectivity index (χ2v) is 5.35. The van der Waals surface area contributed by atoms with Crippen LogP contribution in [0.1, 0.15) is 40.3 Å². The average Bonchev–Trinajstić information content (AvgIpc) is 3.21. The number of hydrogen-bond donors (Lipinski definition) is 0. The number of fused-ring (bicyclic) bond motifs is 1. The first-order valence-corrected chi connectivity index (χ1v) is 7.18. The first kappa shape index (κ1) is 13.0. The van der Waals surface area contributed by atoms with Crippen LogP contribution >= 0.6 is 0 Å². The number of furan rings is 1. The Balaban J connectivity index is 1.68. The molecule has 0 saturated carbocycles. The summed E-state index contributed by atoms with van der Waals surface area (Å²) in [4.78, 5) is 16.4. The fraction of sp³-hybridized carbons (Fsp3) is 0.333. The molecule has 0 bridgehead atoms. The highest BCUT2D eigenvalue weighted by Gasteiger charge is 2.28. The lowest BCUT2D eigenvalue weighted by molar-refractivity contribution is 0.0969. The van der Waals surface area contributed by atoms with Gasteiger partial charge in [0.05, 0.1) is 5.56 Å². The summed E-state index contributed by atoms with van der Waals surface area (Å²) in [7, 11) is 0. The maximum Gasteiger partial charge on any atom is 0.294 e. The highest BCUT2D eigenvalue weighted by molar-refractivity contribution is 6.00. The normalized spacial score (nSPS) is 14.3. The number of nitrogens with zero attached hydrogens (tertiary/aromatic N) is 4. The van der Waals surface area contributed by atoms with Crippen LogP contribution in [0.25, 0.3) is 11.7 Å². The Kier molecular flexibility index (Phi) is 2.92. The molecule has 112 valence electrons. The van der Waals surface area contributed by atoms with Crippen molar-refractivity contribution in [3.05, 3.63) is 41.2 Å². The van der Waals surface area contributed by atoms with Gasteiger partial charge >= 0.3 is 0 Å². The molecule has 3 aromatic rings. The van der Waals surface area contributed by atoms with Crippen molar-refractivity contribution in [2.75, 3.05) is 0 Å². The largest absolute Gasteiger partial charge is 0.455 e. The Hall–Kier alpha value is -2.70. The van der Waals surface area contributed by atoms with Gasteiger partial charge in [0.15, 0.2) is 17.4 Å². The molecule has 0 amide bonds. The van der Waals surface area contributed by atoms with Crippen molar-refractivity contribution < 1.29 is 13.7 Å². The molecule has 1 aliphatic rings. The molecule has 0 N–H and O–H groups in total. The molecule has 7 heteroatoms. The van der Waals surface area contributed by atoms with E-state index in [2.05, 4.69) is 15.2 Å². The number of rotatable bonds is 3. The van der Waals surface area contributed by atoms with Gasteiger partial charge in [-0.05, 0) is 19.4 Å². The van der Waals surface area contributed by atoms with Crippen LogP contribution in [0.15, 0.2) is 27.4 Å². The molecule has 0 saturated heterocycles. The first-order chi connectivity index (χ1) is 10.7. The Morgan fingerprint density at radius 3 is 3.05 bits per heavy atom. The van der Waals surface area contributed by atoms with Crippen LogP contribution in [0, 0.1) is 6.92 Å². The minimum atomic E-state index is 0.130. The van der Waals surface area contributed by atoms with E-state index in [0.29, 0.717) is 36.0 Å². The second-order valence-electron chi connectivity index (χ2n) is 5.35. The summed E-state index contributed by atoms with van der Waals surface area (Å²) in [5.74, 6) is 2.18. The molecular formula is C15H14N4O3. The van der Waals surface area contributed by atoms with Crippen molar-refractivity contribution in [2.24, 2.45) is 0 Å². The highest BCUT2D eigenvalue weighted by atomic mass is 16.5. The van der Waals surface area contributed by atoms with Gasteiger partial charge in [-0.25, -0.2) is 0 Å². The third-order valence-corrected chi connectivity index (χ3v) is 3.83. The van der Waals surface area contributed by atoms with Gasteiger partial charge in [0.25, 0.3) is 5.89 Å². The first-order valence-electron chi connectivity index (χ1n) is 7.18. The molecule has 22 heavy (non-hydrogen) atoms. The van der Waals surface area contributed by atoms with Crippen molar-refractivity contribution in [2.45, 2.75) is 32.7 Å². The lowest BCUT2D eigenvalue weighted by atomic mass is 9.94. The number of ketones is 1. The fourth-order valence-electron chi connectivity index (χ4n) is 2.80. The van der Waals surface area contributed by atoms with E-state index in [-0.39, 0.29) is 5.78 Å². The Labute approximate surface area is 125 Å². The number of carbonyl (C=O) groups is 1. The van der Waals surface area contributed by atoms with E-state index < -0.39 is 0 Å². The van der Waals surface area contributed by atoms with Crippen LogP contribution < -0.4 is 0 Å². The number of carbonyl (C=O) groups excluding carboxylic acids is 1. The molecule has 0 radical (unpaired) electrons. The van der Waals surface area contributed by atoms with Crippen molar-refractivity contribution in [1.29, 1.82) is 0 Å². The van der Waals surface area contributed by atoms with Gasteiger partial charge in [0.2, 0.25) is 0 Å².